The van der Waals surface area contributed by atoms with Crippen molar-refractivity contribution in [2.75, 3.05) is 12.3 Å². The number of aryl methyl sites for hydroxylation is 1. The van der Waals surface area contributed by atoms with Crippen LogP contribution in [0.4, 0.5) is 0 Å². The molecular formula is C22H30N4O3S. The zero-order chi connectivity index (χ0) is 21.7. The fourth-order valence-corrected chi connectivity index (χ4v) is 7.40. The molecule has 0 aromatic carbocycles. The van der Waals surface area contributed by atoms with Crippen LogP contribution >= 0.6 is 0 Å². The van der Waals surface area contributed by atoms with Crippen molar-refractivity contribution in [3.63, 3.8) is 0 Å². The van der Waals surface area contributed by atoms with Gasteiger partial charge in [0.25, 0.3) is 0 Å². The minimum Gasteiger partial charge on any atom is -0.299 e. The number of fused-ring (bicyclic) bond motifs is 2. The molecular weight excluding hydrogens is 400 g/mol. The van der Waals surface area contributed by atoms with Gasteiger partial charge in [-0.3, -0.25) is 4.79 Å². The maximum atomic E-state index is 12.9. The molecule has 0 saturated heterocycles. The summed E-state index contributed by atoms with van der Waals surface area (Å²) in [5.41, 5.74) is 1.84. The molecule has 2 unspecified atom stereocenters. The molecule has 2 aliphatic rings. The highest BCUT2D eigenvalue weighted by Gasteiger charge is 2.65. The maximum Gasteiger partial charge on any atom is 0.212 e. The standard InChI is InChI=1S/C22H30N4O3S/c1-15-18(16(2)26(25-15)20-7-5-6-11-23-20)9-12-24-30(28,29)14-22-10-8-17(13-19(22)27)21(22,3)4/h5-7,11,17,24H,8-10,12-14H2,1-4H3. The van der Waals surface area contributed by atoms with Crippen LogP contribution in [0.15, 0.2) is 24.4 Å². The van der Waals surface area contributed by atoms with Gasteiger partial charge in [0.2, 0.25) is 10.0 Å². The number of Topliss-reactive ketones (excluding diaryl/α,β-unsaturated/α-hetero) is 1. The van der Waals surface area contributed by atoms with Gasteiger partial charge in [-0.25, -0.2) is 22.8 Å². The fourth-order valence-electron chi connectivity index (χ4n) is 5.55. The topological polar surface area (TPSA) is 93.9 Å². The second-order valence-corrected chi connectivity index (χ2v) is 11.1. The molecule has 0 radical (unpaired) electrons. The summed E-state index contributed by atoms with van der Waals surface area (Å²) in [6.45, 7) is 8.29. The Kier molecular flexibility index (Phi) is 5.13. The van der Waals surface area contributed by atoms with Gasteiger partial charge < -0.3 is 0 Å². The van der Waals surface area contributed by atoms with E-state index in [1.54, 1.807) is 10.9 Å². The van der Waals surface area contributed by atoms with Gasteiger partial charge in [-0.15, -0.1) is 0 Å². The lowest BCUT2D eigenvalue weighted by atomic mass is 9.70. The molecule has 7 nitrogen and oxygen atoms in total. The minimum atomic E-state index is -3.56. The zero-order valence-electron chi connectivity index (χ0n) is 18.1. The Morgan fingerprint density at radius 2 is 2.03 bits per heavy atom. The Bertz CT molecular complexity index is 1080. The lowest BCUT2D eigenvalue weighted by molar-refractivity contribution is -0.128. The molecule has 2 fully saturated rings. The van der Waals surface area contributed by atoms with Crippen LogP contribution in [0.1, 0.15) is 50.1 Å². The van der Waals surface area contributed by atoms with Crippen molar-refractivity contribution in [1.29, 1.82) is 0 Å². The monoisotopic (exact) mass is 430 g/mol. The van der Waals surface area contributed by atoms with E-state index in [0.29, 0.717) is 25.2 Å². The molecule has 1 N–H and O–H groups in total. The first-order valence-electron chi connectivity index (χ1n) is 10.5. The highest BCUT2D eigenvalue weighted by Crippen LogP contribution is 2.64. The number of carbonyl (C=O) groups is 1. The van der Waals surface area contributed by atoms with Crippen LogP contribution in [-0.4, -0.2) is 41.3 Å². The van der Waals surface area contributed by atoms with Crippen LogP contribution in [0.2, 0.25) is 0 Å². The number of sulfonamides is 1. The molecule has 0 aliphatic heterocycles. The second-order valence-electron chi connectivity index (χ2n) is 9.32. The first-order chi connectivity index (χ1) is 14.1. The summed E-state index contributed by atoms with van der Waals surface area (Å²) in [4.78, 5) is 17.0. The second kappa shape index (κ2) is 7.27. The molecule has 162 valence electrons. The van der Waals surface area contributed by atoms with Crippen LogP contribution < -0.4 is 4.72 Å². The number of hydrogen-bond donors (Lipinski definition) is 1. The molecule has 2 aromatic rings. The number of carbonyl (C=O) groups excluding carboxylic acids is 1. The summed E-state index contributed by atoms with van der Waals surface area (Å²) in [5.74, 6) is 1.07. The summed E-state index contributed by atoms with van der Waals surface area (Å²) in [7, 11) is -3.56. The Hall–Kier alpha value is -2.06. The Balaban J connectivity index is 1.45. The van der Waals surface area contributed by atoms with E-state index in [2.05, 4.69) is 28.7 Å². The largest absolute Gasteiger partial charge is 0.299 e. The molecule has 2 aliphatic carbocycles. The first-order valence-corrected chi connectivity index (χ1v) is 12.2. The average molecular weight is 431 g/mol. The van der Waals surface area contributed by atoms with Crippen LogP contribution in [0.3, 0.4) is 0 Å². The van der Waals surface area contributed by atoms with E-state index in [1.807, 2.05) is 32.0 Å². The van der Waals surface area contributed by atoms with Crippen LogP contribution in [0, 0.1) is 30.6 Å². The van der Waals surface area contributed by atoms with E-state index in [-0.39, 0.29) is 23.5 Å². The number of rotatable bonds is 7. The molecule has 2 atom stereocenters. The first kappa shape index (κ1) is 21.2. The molecule has 2 aromatic heterocycles. The van der Waals surface area contributed by atoms with E-state index in [0.717, 1.165) is 29.2 Å². The van der Waals surface area contributed by atoms with Gasteiger partial charge in [-0.2, -0.15) is 5.10 Å². The number of aromatic nitrogens is 3. The molecule has 8 heteroatoms. The predicted octanol–water partition coefficient (Wildman–Crippen LogP) is 2.74. The minimum absolute atomic E-state index is 0.104. The lowest BCUT2D eigenvalue weighted by Crippen LogP contribution is -2.45. The molecule has 2 saturated carbocycles. The smallest absolute Gasteiger partial charge is 0.212 e. The van der Waals surface area contributed by atoms with E-state index in [1.165, 1.54) is 0 Å². The number of nitrogens with zero attached hydrogens (tertiary/aromatic N) is 3. The number of pyridine rings is 1. The summed E-state index contributed by atoms with van der Waals surface area (Å²) in [6.07, 6.45) is 4.40. The quantitative estimate of drug-likeness (QED) is 0.729. The van der Waals surface area contributed by atoms with Crippen molar-refractivity contribution in [2.24, 2.45) is 16.7 Å². The van der Waals surface area contributed by atoms with E-state index in [4.69, 9.17) is 0 Å². The van der Waals surface area contributed by atoms with Gasteiger partial charge in [0.05, 0.1) is 11.4 Å². The summed E-state index contributed by atoms with van der Waals surface area (Å²) >= 11 is 0. The van der Waals surface area contributed by atoms with Gasteiger partial charge in [0.1, 0.15) is 5.78 Å². The van der Waals surface area contributed by atoms with Crippen molar-refractivity contribution >= 4 is 15.8 Å². The number of nitrogens with one attached hydrogen (secondary N) is 1. The molecule has 4 rings (SSSR count). The van der Waals surface area contributed by atoms with Gasteiger partial charge in [-0.1, -0.05) is 19.9 Å². The van der Waals surface area contributed by atoms with E-state index in [9.17, 15) is 13.2 Å². The van der Waals surface area contributed by atoms with Gasteiger partial charge in [0, 0.05) is 30.3 Å². The van der Waals surface area contributed by atoms with Crippen molar-refractivity contribution in [3.8, 4) is 5.82 Å². The number of hydrogen-bond acceptors (Lipinski definition) is 5. The van der Waals surface area contributed by atoms with Gasteiger partial charge >= 0.3 is 0 Å². The SMILES string of the molecule is Cc1nn(-c2ccccn2)c(C)c1CCNS(=O)(=O)CC12CCC(CC1=O)C2(C)C. The van der Waals surface area contributed by atoms with Gasteiger partial charge in [-0.05, 0) is 62.1 Å². The third kappa shape index (κ3) is 3.30. The van der Waals surface area contributed by atoms with Crippen molar-refractivity contribution < 1.29 is 13.2 Å². The molecule has 2 bridgehead atoms. The summed E-state index contributed by atoms with van der Waals surface area (Å²) in [6, 6.07) is 5.65. The highest BCUT2D eigenvalue weighted by atomic mass is 32.2. The number of ketones is 1. The van der Waals surface area contributed by atoms with Crippen LogP contribution in [0.5, 0.6) is 0 Å². The summed E-state index contributed by atoms with van der Waals surface area (Å²) in [5, 5.41) is 4.57. The lowest BCUT2D eigenvalue weighted by Gasteiger charge is -2.36. The highest BCUT2D eigenvalue weighted by molar-refractivity contribution is 7.89. The molecule has 30 heavy (non-hydrogen) atoms. The normalized spacial score (nSPS) is 25.2. The molecule has 0 amide bonds. The van der Waals surface area contributed by atoms with Crippen molar-refractivity contribution in [1.82, 2.24) is 19.5 Å². The Morgan fingerprint density at radius 3 is 2.63 bits per heavy atom. The predicted molar refractivity (Wildman–Crippen MR) is 115 cm³/mol. The van der Waals surface area contributed by atoms with Crippen LogP contribution in [0.25, 0.3) is 5.82 Å². The van der Waals surface area contributed by atoms with Gasteiger partial charge in [0.15, 0.2) is 5.82 Å². The third-order valence-electron chi connectivity index (χ3n) is 7.58. The zero-order valence-corrected chi connectivity index (χ0v) is 18.9. The van der Waals surface area contributed by atoms with Crippen LogP contribution in [-0.2, 0) is 21.2 Å². The van der Waals surface area contributed by atoms with E-state index >= 15 is 0 Å². The van der Waals surface area contributed by atoms with Crippen molar-refractivity contribution in [2.45, 2.75) is 53.4 Å². The maximum absolute atomic E-state index is 12.9. The summed E-state index contributed by atoms with van der Waals surface area (Å²) < 4.78 is 30.3. The molecule has 0 spiro atoms. The Morgan fingerprint density at radius 1 is 1.27 bits per heavy atom. The Labute approximate surface area is 178 Å². The van der Waals surface area contributed by atoms with Crippen molar-refractivity contribution in [3.05, 3.63) is 41.3 Å². The average Bonchev–Trinajstić information content (AvgIpc) is 3.17. The third-order valence-corrected chi connectivity index (χ3v) is 9.10. The molecule has 2 heterocycles. The fraction of sp³-hybridized carbons (Fsp3) is 0.591. The van der Waals surface area contributed by atoms with E-state index < -0.39 is 15.4 Å².